The Balaban J connectivity index is 1.67. The largest absolute Gasteiger partial charge is 0.444 e. The summed E-state index contributed by atoms with van der Waals surface area (Å²) in [4.78, 5) is 16.1. The van der Waals surface area contributed by atoms with Crippen molar-refractivity contribution in [2.45, 2.75) is 27.3 Å². The third-order valence-electron chi connectivity index (χ3n) is 3.25. The molecular weight excluding hydrogens is 266 g/mol. The summed E-state index contributed by atoms with van der Waals surface area (Å²) in [5.41, 5.74) is 2.74. The highest BCUT2D eigenvalue weighted by atomic mass is 16.4. The lowest BCUT2D eigenvalue weighted by atomic mass is 10.1. The minimum atomic E-state index is -0.0559. The topological polar surface area (TPSA) is 67.2 Å². The maximum absolute atomic E-state index is 11.9. The molecule has 112 valence electrons. The summed E-state index contributed by atoms with van der Waals surface area (Å²) < 4.78 is 5.46. The number of aromatic nitrogens is 1. The third-order valence-corrected chi connectivity index (χ3v) is 3.25. The molecule has 2 N–H and O–H groups in total. The van der Waals surface area contributed by atoms with E-state index in [-0.39, 0.29) is 5.91 Å². The number of benzene rings is 1. The number of rotatable bonds is 6. The zero-order valence-electron chi connectivity index (χ0n) is 12.7. The molecule has 5 heteroatoms. The SMILES string of the molecule is Cc1ccc(C(=O)NCCNCc2nc(C)c(C)o2)cc1. The number of carbonyl (C=O) groups is 1. The van der Waals surface area contributed by atoms with Crippen molar-refractivity contribution in [1.82, 2.24) is 15.6 Å². The molecule has 21 heavy (non-hydrogen) atoms. The zero-order valence-corrected chi connectivity index (χ0v) is 12.7. The van der Waals surface area contributed by atoms with Gasteiger partial charge in [0.25, 0.3) is 5.91 Å². The van der Waals surface area contributed by atoms with Crippen molar-refractivity contribution in [3.05, 3.63) is 52.7 Å². The number of oxazole rings is 1. The summed E-state index contributed by atoms with van der Waals surface area (Å²) in [6.45, 7) is 7.61. The number of hydrogen-bond acceptors (Lipinski definition) is 4. The second kappa shape index (κ2) is 7.04. The van der Waals surface area contributed by atoms with Gasteiger partial charge in [0.2, 0.25) is 5.89 Å². The Labute approximate surface area is 124 Å². The Kier molecular flexibility index (Phi) is 5.11. The van der Waals surface area contributed by atoms with Gasteiger partial charge in [-0.3, -0.25) is 4.79 Å². The van der Waals surface area contributed by atoms with Crippen LogP contribution in [0.15, 0.2) is 28.7 Å². The van der Waals surface area contributed by atoms with Crippen molar-refractivity contribution < 1.29 is 9.21 Å². The Morgan fingerprint density at radius 2 is 1.86 bits per heavy atom. The molecule has 0 fully saturated rings. The van der Waals surface area contributed by atoms with Crippen LogP contribution in [0.3, 0.4) is 0 Å². The van der Waals surface area contributed by atoms with E-state index in [2.05, 4.69) is 15.6 Å². The number of amides is 1. The smallest absolute Gasteiger partial charge is 0.251 e. The van der Waals surface area contributed by atoms with E-state index in [0.717, 1.165) is 17.0 Å². The summed E-state index contributed by atoms with van der Waals surface area (Å²) >= 11 is 0. The molecule has 0 saturated heterocycles. The molecule has 5 nitrogen and oxygen atoms in total. The van der Waals surface area contributed by atoms with Gasteiger partial charge in [-0.1, -0.05) is 17.7 Å². The Morgan fingerprint density at radius 3 is 2.48 bits per heavy atom. The average molecular weight is 287 g/mol. The molecule has 1 heterocycles. The van der Waals surface area contributed by atoms with E-state index in [4.69, 9.17) is 4.42 Å². The molecule has 0 aliphatic carbocycles. The second-order valence-electron chi connectivity index (χ2n) is 5.05. The number of nitrogens with one attached hydrogen (secondary N) is 2. The first-order valence-corrected chi connectivity index (χ1v) is 7.05. The normalized spacial score (nSPS) is 10.6. The summed E-state index contributed by atoms with van der Waals surface area (Å²) in [6, 6.07) is 7.52. The number of nitrogens with zero attached hydrogens (tertiary/aromatic N) is 1. The molecule has 2 rings (SSSR count). The number of aryl methyl sites for hydroxylation is 3. The van der Waals surface area contributed by atoms with Gasteiger partial charge in [-0.2, -0.15) is 0 Å². The molecule has 0 bridgehead atoms. The van der Waals surface area contributed by atoms with Crippen molar-refractivity contribution in [3.63, 3.8) is 0 Å². The predicted octanol–water partition coefficient (Wildman–Crippen LogP) is 2.12. The van der Waals surface area contributed by atoms with Crippen LogP contribution in [0, 0.1) is 20.8 Å². The van der Waals surface area contributed by atoms with Gasteiger partial charge in [0, 0.05) is 18.7 Å². The lowest BCUT2D eigenvalue weighted by molar-refractivity contribution is 0.0954. The van der Waals surface area contributed by atoms with Crippen LogP contribution >= 0.6 is 0 Å². The first-order valence-electron chi connectivity index (χ1n) is 7.05. The van der Waals surface area contributed by atoms with Crippen LogP contribution in [0.4, 0.5) is 0 Å². The van der Waals surface area contributed by atoms with Crippen LogP contribution in [-0.2, 0) is 6.54 Å². The van der Waals surface area contributed by atoms with E-state index < -0.39 is 0 Å². The van der Waals surface area contributed by atoms with Crippen molar-refractivity contribution in [1.29, 1.82) is 0 Å². The molecule has 0 aliphatic rings. The van der Waals surface area contributed by atoms with E-state index in [0.29, 0.717) is 31.1 Å². The predicted molar refractivity (Wildman–Crippen MR) is 81.2 cm³/mol. The fraction of sp³-hybridized carbons (Fsp3) is 0.375. The maximum atomic E-state index is 11.9. The lowest BCUT2D eigenvalue weighted by Gasteiger charge is -2.06. The molecule has 0 unspecified atom stereocenters. The second-order valence-corrected chi connectivity index (χ2v) is 5.05. The van der Waals surface area contributed by atoms with Crippen LogP contribution in [-0.4, -0.2) is 24.0 Å². The standard InChI is InChI=1S/C16H21N3O2/c1-11-4-6-14(7-5-11)16(20)18-9-8-17-10-15-19-12(2)13(3)21-15/h4-7,17H,8-10H2,1-3H3,(H,18,20). The fourth-order valence-corrected chi connectivity index (χ4v) is 1.88. The zero-order chi connectivity index (χ0) is 15.2. The molecule has 1 amide bonds. The van der Waals surface area contributed by atoms with Crippen LogP contribution in [0.1, 0.15) is 33.3 Å². The highest BCUT2D eigenvalue weighted by Gasteiger charge is 2.05. The van der Waals surface area contributed by atoms with Crippen LogP contribution in [0.5, 0.6) is 0 Å². The quantitative estimate of drug-likeness (QED) is 0.799. The Morgan fingerprint density at radius 1 is 1.14 bits per heavy atom. The van der Waals surface area contributed by atoms with Crippen molar-refractivity contribution in [3.8, 4) is 0 Å². The third kappa shape index (κ3) is 4.43. The maximum Gasteiger partial charge on any atom is 0.251 e. The molecule has 0 aliphatic heterocycles. The highest BCUT2D eigenvalue weighted by molar-refractivity contribution is 5.94. The van der Waals surface area contributed by atoms with Gasteiger partial charge in [0.05, 0.1) is 12.2 Å². The van der Waals surface area contributed by atoms with Gasteiger partial charge in [-0.15, -0.1) is 0 Å². The van der Waals surface area contributed by atoms with E-state index in [9.17, 15) is 4.79 Å². The Hall–Kier alpha value is -2.14. The van der Waals surface area contributed by atoms with Gasteiger partial charge in [0.15, 0.2) is 0 Å². The number of carbonyl (C=O) groups excluding carboxylic acids is 1. The van der Waals surface area contributed by atoms with Crippen molar-refractivity contribution in [2.75, 3.05) is 13.1 Å². The van der Waals surface area contributed by atoms with Crippen LogP contribution < -0.4 is 10.6 Å². The van der Waals surface area contributed by atoms with Crippen molar-refractivity contribution in [2.24, 2.45) is 0 Å². The monoisotopic (exact) mass is 287 g/mol. The lowest BCUT2D eigenvalue weighted by Crippen LogP contribution is -2.31. The molecule has 0 radical (unpaired) electrons. The van der Waals surface area contributed by atoms with Gasteiger partial charge in [-0.25, -0.2) is 4.98 Å². The van der Waals surface area contributed by atoms with Crippen molar-refractivity contribution >= 4 is 5.91 Å². The highest BCUT2D eigenvalue weighted by Crippen LogP contribution is 2.07. The van der Waals surface area contributed by atoms with E-state index in [1.54, 1.807) is 0 Å². The van der Waals surface area contributed by atoms with Crippen LogP contribution in [0.25, 0.3) is 0 Å². The molecular formula is C16H21N3O2. The molecule has 0 spiro atoms. The minimum Gasteiger partial charge on any atom is -0.444 e. The summed E-state index contributed by atoms with van der Waals surface area (Å²) in [5, 5.41) is 6.06. The van der Waals surface area contributed by atoms with Crippen LogP contribution in [0.2, 0.25) is 0 Å². The molecule has 1 aromatic heterocycles. The minimum absolute atomic E-state index is 0.0559. The summed E-state index contributed by atoms with van der Waals surface area (Å²) in [6.07, 6.45) is 0. The number of hydrogen-bond donors (Lipinski definition) is 2. The summed E-state index contributed by atoms with van der Waals surface area (Å²) in [5.74, 6) is 1.47. The van der Waals surface area contributed by atoms with E-state index in [1.165, 1.54) is 0 Å². The molecule has 1 aromatic carbocycles. The van der Waals surface area contributed by atoms with Gasteiger partial charge in [-0.05, 0) is 32.9 Å². The summed E-state index contributed by atoms with van der Waals surface area (Å²) in [7, 11) is 0. The van der Waals surface area contributed by atoms with Gasteiger partial charge >= 0.3 is 0 Å². The van der Waals surface area contributed by atoms with E-state index >= 15 is 0 Å². The first-order chi connectivity index (χ1) is 10.1. The molecule has 0 atom stereocenters. The van der Waals surface area contributed by atoms with Gasteiger partial charge in [0.1, 0.15) is 5.76 Å². The molecule has 0 saturated carbocycles. The fourth-order valence-electron chi connectivity index (χ4n) is 1.88. The van der Waals surface area contributed by atoms with E-state index in [1.807, 2.05) is 45.0 Å². The first kappa shape index (κ1) is 15.3. The molecule has 2 aromatic rings. The Bertz CT molecular complexity index is 583. The van der Waals surface area contributed by atoms with Gasteiger partial charge < -0.3 is 15.1 Å². The average Bonchev–Trinajstić information content (AvgIpc) is 2.78.